The summed E-state index contributed by atoms with van der Waals surface area (Å²) >= 11 is 0. The molecule has 130 valence electrons. The summed E-state index contributed by atoms with van der Waals surface area (Å²) in [7, 11) is 3.25. The van der Waals surface area contributed by atoms with Crippen LogP contribution in [0.4, 0.5) is 18.9 Å². The van der Waals surface area contributed by atoms with E-state index in [0.717, 1.165) is 16.7 Å². The fraction of sp³-hybridized carbons (Fsp3) is 0.375. The van der Waals surface area contributed by atoms with Crippen molar-refractivity contribution in [3.63, 3.8) is 0 Å². The highest BCUT2D eigenvalue weighted by Crippen LogP contribution is 2.33. The second kappa shape index (κ2) is 6.94. The molecule has 0 bridgehead atoms. The van der Waals surface area contributed by atoms with Gasteiger partial charge in [-0.2, -0.15) is 18.3 Å². The normalized spacial score (nSPS) is 11.5. The Morgan fingerprint density at radius 2 is 2.08 bits per heavy atom. The van der Waals surface area contributed by atoms with Gasteiger partial charge in [0.05, 0.1) is 19.0 Å². The lowest BCUT2D eigenvalue weighted by Crippen LogP contribution is -2.22. The summed E-state index contributed by atoms with van der Waals surface area (Å²) in [6, 6.07) is 3.40. The molecule has 8 heteroatoms. The zero-order chi connectivity index (χ0) is 17.9. The number of methoxy groups -OCH3 is 1. The van der Waals surface area contributed by atoms with Crippen molar-refractivity contribution in [2.24, 2.45) is 7.05 Å². The number of carbonyl (C=O) groups is 1. The lowest BCUT2D eigenvalue weighted by atomic mass is 9.96. The number of aryl methyl sites for hydroxylation is 2. The Kier molecular flexibility index (Phi) is 5.16. The van der Waals surface area contributed by atoms with Crippen LogP contribution in [0.2, 0.25) is 0 Å². The number of nitrogens with two attached hydrogens (primary N) is 1. The van der Waals surface area contributed by atoms with Gasteiger partial charge in [0.2, 0.25) is 5.78 Å². The predicted molar refractivity (Wildman–Crippen MR) is 83.6 cm³/mol. The van der Waals surface area contributed by atoms with Crippen molar-refractivity contribution in [2.75, 3.05) is 12.8 Å². The standard InChI is InChI=1S/C16H18F3N3O2/c1-22-9-11(8-21-22)12-7-14(24-2)13(20)6-10(12)4-3-5-15(23)16(17,18)19/h6-9H,3-5,20H2,1-2H3. The first-order chi connectivity index (χ1) is 11.2. The van der Waals surface area contributed by atoms with Crippen LogP contribution in [0.3, 0.4) is 0 Å². The third-order valence-electron chi connectivity index (χ3n) is 3.64. The van der Waals surface area contributed by atoms with E-state index in [1.807, 2.05) is 0 Å². The molecule has 1 aromatic carbocycles. The fourth-order valence-corrected chi connectivity index (χ4v) is 2.44. The quantitative estimate of drug-likeness (QED) is 0.820. The Bertz CT molecular complexity index is 739. The van der Waals surface area contributed by atoms with Gasteiger partial charge < -0.3 is 10.5 Å². The largest absolute Gasteiger partial charge is 0.495 e. The van der Waals surface area contributed by atoms with E-state index in [-0.39, 0.29) is 6.42 Å². The molecule has 2 N–H and O–H groups in total. The van der Waals surface area contributed by atoms with Gasteiger partial charge in [-0.3, -0.25) is 9.48 Å². The molecule has 0 amide bonds. The van der Waals surface area contributed by atoms with Crippen LogP contribution in [-0.4, -0.2) is 28.8 Å². The van der Waals surface area contributed by atoms with Gasteiger partial charge >= 0.3 is 6.18 Å². The van der Waals surface area contributed by atoms with Gasteiger partial charge in [0, 0.05) is 25.2 Å². The van der Waals surface area contributed by atoms with Crippen LogP contribution in [0.1, 0.15) is 18.4 Å². The van der Waals surface area contributed by atoms with E-state index in [4.69, 9.17) is 10.5 Å². The highest BCUT2D eigenvalue weighted by molar-refractivity contribution is 5.84. The van der Waals surface area contributed by atoms with Gasteiger partial charge in [-0.15, -0.1) is 0 Å². The number of ether oxygens (including phenoxy) is 1. The van der Waals surface area contributed by atoms with Gasteiger partial charge in [-0.1, -0.05) is 0 Å². The predicted octanol–water partition coefficient (Wildman–Crippen LogP) is 3.13. The number of rotatable bonds is 6. The molecule has 0 spiro atoms. The first-order valence-electron chi connectivity index (χ1n) is 7.27. The highest BCUT2D eigenvalue weighted by Gasteiger charge is 2.37. The molecule has 5 nitrogen and oxygen atoms in total. The molecule has 1 aromatic heterocycles. The average molecular weight is 341 g/mol. The summed E-state index contributed by atoms with van der Waals surface area (Å²) in [6.45, 7) is 0. The van der Waals surface area contributed by atoms with Crippen LogP contribution in [0.15, 0.2) is 24.5 Å². The van der Waals surface area contributed by atoms with Crippen LogP contribution < -0.4 is 10.5 Å². The van der Waals surface area contributed by atoms with Crippen LogP contribution >= 0.6 is 0 Å². The number of ketones is 1. The van der Waals surface area contributed by atoms with E-state index < -0.39 is 18.4 Å². The zero-order valence-corrected chi connectivity index (χ0v) is 13.4. The van der Waals surface area contributed by atoms with Crippen LogP contribution in [0, 0.1) is 0 Å². The molecule has 2 aromatic rings. The maximum atomic E-state index is 12.3. The van der Waals surface area contributed by atoms with Crippen molar-refractivity contribution >= 4 is 11.5 Å². The van der Waals surface area contributed by atoms with Crippen molar-refractivity contribution in [1.82, 2.24) is 9.78 Å². The van der Waals surface area contributed by atoms with E-state index >= 15 is 0 Å². The third-order valence-corrected chi connectivity index (χ3v) is 3.64. The molecule has 2 rings (SSSR count). The molecule has 0 radical (unpaired) electrons. The second-order valence-electron chi connectivity index (χ2n) is 5.43. The van der Waals surface area contributed by atoms with Gasteiger partial charge in [0.1, 0.15) is 5.75 Å². The lowest BCUT2D eigenvalue weighted by molar-refractivity contribution is -0.171. The summed E-state index contributed by atoms with van der Waals surface area (Å²) < 4.78 is 43.7. The monoisotopic (exact) mass is 341 g/mol. The van der Waals surface area contributed by atoms with Crippen molar-refractivity contribution in [1.29, 1.82) is 0 Å². The Morgan fingerprint density at radius 1 is 1.38 bits per heavy atom. The summed E-state index contributed by atoms with van der Waals surface area (Å²) in [5.41, 5.74) is 8.60. The number of benzene rings is 1. The zero-order valence-electron chi connectivity index (χ0n) is 13.4. The van der Waals surface area contributed by atoms with Crippen LogP contribution in [-0.2, 0) is 18.3 Å². The Balaban J connectivity index is 2.25. The minimum Gasteiger partial charge on any atom is -0.495 e. The number of hydrogen-bond donors (Lipinski definition) is 1. The number of carbonyl (C=O) groups excluding carboxylic acids is 1. The molecule has 0 aliphatic heterocycles. The molecule has 0 aliphatic rings. The number of nitrogens with zero attached hydrogens (tertiary/aromatic N) is 2. The number of hydrogen-bond acceptors (Lipinski definition) is 4. The van der Waals surface area contributed by atoms with Gasteiger partial charge in [-0.05, 0) is 36.1 Å². The maximum absolute atomic E-state index is 12.3. The SMILES string of the molecule is COc1cc(-c2cnn(C)c2)c(CCCC(=O)C(F)(F)F)cc1N. The van der Waals surface area contributed by atoms with Crippen molar-refractivity contribution in [3.8, 4) is 16.9 Å². The molecule has 0 fully saturated rings. The van der Waals surface area contributed by atoms with E-state index in [9.17, 15) is 18.0 Å². The highest BCUT2D eigenvalue weighted by atomic mass is 19.4. The fourth-order valence-electron chi connectivity index (χ4n) is 2.44. The van der Waals surface area contributed by atoms with E-state index in [1.54, 1.807) is 36.3 Å². The van der Waals surface area contributed by atoms with E-state index in [2.05, 4.69) is 5.10 Å². The molecular weight excluding hydrogens is 323 g/mol. The molecule has 24 heavy (non-hydrogen) atoms. The molecule has 0 atom stereocenters. The van der Waals surface area contributed by atoms with Gasteiger partial charge in [0.25, 0.3) is 0 Å². The number of Topliss-reactive ketones (excluding diaryl/α,β-unsaturated/α-hetero) is 1. The molecule has 1 heterocycles. The number of halogens is 3. The average Bonchev–Trinajstić information content (AvgIpc) is 2.92. The third kappa shape index (κ3) is 4.06. The van der Waals surface area contributed by atoms with Gasteiger partial charge in [0.15, 0.2) is 0 Å². The number of anilines is 1. The van der Waals surface area contributed by atoms with Crippen LogP contribution in [0.5, 0.6) is 5.75 Å². The molecule has 0 aliphatic carbocycles. The van der Waals surface area contributed by atoms with E-state index in [0.29, 0.717) is 17.9 Å². The first-order valence-corrected chi connectivity index (χ1v) is 7.27. The van der Waals surface area contributed by atoms with Crippen molar-refractivity contribution in [3.05, 3.63) is 30.1 Å². The smallest absolute Gasteiger partial charge is 0.449 e. The number of nitrogen functional groups attached to an aromatic ring is 1. The van der Waals surface area contributed by atoms with E-state index in [1.165, 1.54) is 7.11 Å². The summed E-state index contributed by atoms with van der Waals surface area (Å²) in [5.74, 6) is -1.24. The Labute approximate surface area is 137 Å². The minimum atomic E-state index is -4.79. The second-order valence-corrected chi connectivity index (χ2v) is 5.43. The number of aromatic nitrogens is 2. The first kappa shape index (κ1) is 17.8. The molecular formula is C16H18F3N3O2. The molecule has 0 unspecified atom stereocenters. The lowest BCUT2D eigenvalue weighted by Gasteiger charge is -2.13. The molecule has 0 saturated carbocycles. The summed E-state index contributed by atoms with van der Waals surface area (Å²) in [5, 5.41) is 4.09. The Hall–Kier alpha value is -2.51. The van der Waals surface area contributed by atoms with Crippen LogP contribution in [0.25, 0.3) is 11.1 Å². The minimum absolute atomic E-state index is 0.0807. The summed E-state index contributed by atoms with van der Waals surface area (Å²) in [4.78, 5) is 11.0. The topological polar surface area (TPSA) is 70.1 Å². The van der Waals surface area contributed by atoms with Crippen molar-refractivity contribution in [2.45, 2.75) is 25.4 Å². The Morgan fingerprint density at radius 3 is 2.62 bits per heavy atom. The van der Waals surface area contributed by atoms with Crippen molar-refractivity contribution < 1.29 is 22.7 Å². The summed E-state index contributed by atoms with van der Waals surface area (Å²) in [6.07, 6.45) is -1.53. The molecule has 0 saturated heterocycles. The van der Waals surface area contributed by atoms with Gasteiger partial charge in [-0.25, -0.2) is 0 Å². The maximum Gasteiger partial charge on any atom is 0.449 e. The number of alkyl halides is 3.